The molecule has 148 valence electrons. The standard InChI is InChI=1S/C23H22N2O3S/c1-2-15-8-5-11-20-21(15)24-23(29-20)25(14-17-9-6-12-27-17)22(26)19-13-16-7-3-4-10-18(16)28-19/h3-5,7-8,10-11,13,17H,2,6,9,12,14H2,1H3. The first-order chi connectivity index (χ1) is 14.2. The second-order valence-electron chi connectivity index (χ2n) is 7.31. The molecule has 29 heavy (non-hydrogen) atoms. The van der Waals surface area contributed by atoms with Crippen molar-refractivity contribution in [3.8, 4) is 0 Å². The van der Waals surface area contributed by atoms with Gasteiger partial charge in [-0.25, -0.2) is 4.98 Å². The number of fused-ring (bicyclic) bond motifs is 2. The van der Waals surface area contributed by atoms with Crippen molar-refractivity contribution in [3.05, 3.63) is 59.9 Å². The summed E-state index contributed by atoms with van der Waals surface area (Å²) >= 11 is 1.54. The number of aryl methyl sites for hydroxylation is 1. The summed E-state index contributed by atoms with van der Waals surface area (Å²) < 4.78 is 12.8. The lowest BCUT2D eigenvalue weighted by Crippen LogP contribution is -2.37. The zero-order valence-electron chi connectivity index (χ0n) is 16.3. The van der Waals surface area contributed by atoms with Gasteiger partial charge in [0.15, 0.2) is 10.9 Å². The predicted octanol–water partition coefficient (Wildman–Crippen LogP) is 5.43. The lowest BCUT2D eigenvalue weighted by molar-refractivity contribution is 0.0896. The first-order valence-electron chi connectivity index (χ1n) is 10.0. The highest BCUT2D eigenvalue weighted by atomic mass is 32.1. The molecule has 1 unspecified atom stereocenters. The van der Waals surface area contributed by atoms with Crippen LogP contribution in [0.25, 0.3) is 21.2 Å². The van der Waals surface area contributed by atoms with Gasteiger partial charge in [-0.15, -0.1) is 0 Å². The van der Waals surface area contributed by atoms with E-state index in [2.05, 4.69) is 25.1 Å². The Morgan fingerprint density at radius 2 is 2.14 bits per heavy atom. The molecule has 0 aliphatic carbocycles. The van der Waals surface area contributed by atoms with Gasteiger partial charge in [0.25, 0.3) is 5.91 Å². The number of para-hydroxylation sites is 2. The Morgan fingerprint density at radius 3 is 2.93 bits per heavy atom. The maximum Gasteiger partial charge on any atom is 0.295 e. The van der Waals surface area contributed by atoms with Crippen LogP contribution in [0.4, 0.5) is 5.13 Å². The first kappa shape index (κ1) is 18.3. The number of ether oxygens (including phenoxy) is 1. The Kier molecular flexibility index (Phi) is 4.81. The molecule has 4 aromatic rings. The van der Waals surface area contributed by atoms with E-state index in [9.17, 15) is 4.79 Å². The summed E-state index contributed by atoms with van der Waals surface area (Å²) in [7, 11) is 0. The van der Waals surface area contributed by atoms with Crippen LogP contribution in [0.3, 0.4) is 0 Å². The lowest BCUT2D eigenvalue weighted by atomic mass is 10.1. The smallest absolute Gasteiger partial charge is 0.295 e. The monoisotopic (exact) mass is 406 g/mol. The highest BCUT2D eigenvalue weighted by Gasteiger charge is 2.29. The summed E-state index contributed by atoms with van der Waals surface area (Å²) in [4.78, 5) is 20.1. The molecular weight excluding hydrogens is 384 g/mol. The van der Waals surface area contributed by atoms with Crippen LogP contribution < -0.4 is 4.90 Å². The second kappa shape index (κ2) is 7.61. The summed E-state index contributed by atoms with van der Waals surface area (Å²) in [6.45, 7) is 3.35. The van der Waals surface area contributed by atoms with Gasteiger partial charge in [-0.1, -0.05) is 48.6 Å². The highest BCUT2D eigenvalue weighted by molar-refractivity contribution is 7.22. The van der Waals surface area contributed by atoms with Gasteiger partial charge in [-0.2, -0.15) is 0 Å². The molecule has 0 bridgehead atoms. The quantitative estimate of drug-likeness (QED) is 0.443. The van der Waals surface area contributed by atoms with Gasteiger partial charge < -0.3 is 9.15 Å². The van der Waals surface area contributed by atoms with Gasteiger partial charge >= 0.3 is 0 Å². The van der Waals surface area contributed by atoms with E-state index in [-0.39, 0.29) is 12.0 Å². The third kappa shape index (κ3) is 3.43. The average molecular weight is 407 g/mol. The van der Waals surface area contributed by atoms with E-state index in [0.717, 1.165) is 41.5 Å². The number of carbonyl (C=O) groups excluding carboxylic acids is 1. The van der Waals surface area contributed by atoms with Gasteiger partial charge in [0, 0.05) is 12.0 Å². The van der Waals surface area contributed by atoms with Crippen LogP contribution in [0.5, 0.6) is 0 Å². The molecule has 1 saturated heterocycles. The third-order valence-electron chi connectivity index (χ3n) is 5.39. The first-order valence-corrected chi connectivity index (χ1v) is 10.8. The molecule has 2 aromatic heterocycles. The van der Waals surface area contributed by atoms with Crippen molar-refractivity contribution in [1.29, 1.82) is 0 Å². The van der Waals surface area contributed by atoms with Crippen molar-refractivity contribution in [2.24, 2.45) is 0 Å². The zero-order valence-corrected chi connectivity index (χ0v) is 17.1. The van der Waals surface area contributed by atoms with Crippen molar-refractivity contribution >= 4 is 43.6 Å². The van der Waals surface area contributed by atoms with Crippen molar-refractivity contribution in [3.63, 3.8) is 0 Å². The minimum atomic E-state index is -0.172. The van der Waals surface area contributed by atoms with E-state index >= 15 is 0 Å². The number of benzene rings is 2. The molecule has 1 aliphatic heterocycles. The highest BCUT2D eigenvalue weighted by Crippen LogP contribution is 2.33. The molecule has 0 saturated carbocycles. The molecule has 3 heterocycles. The predicted molar refractivity (Wildman–Crippen MR) is 116 cm³/mol. The number of hydrogen-bond donors (Lipinski definition) is 0. The molecule has 1 amide bonds. The van der Waals surface area contributed by atoms with Crippen molar-refractivity contribution in [2.45, 2.75) is 32.3 Å². The number of anilines is 1. The zero-order chi connectivity index (χ0) is 19.8. The topological polar surface area (TPSA) is 55.6 Å². The van der Waals surface area contributed by atoms with Crippen LogP contribution in [0.1, 0.15) is 35.9 Å². The van der Waals surface area contributed by atoms with E-state index in [1.165, 1.54) is 5.56 Å². The maximum atomic E-state index is 13.5. The number of thiazole rings is 1. The van der Waals surface area contributed by atoms with Crippen molar-refractivity contribution < 1.29 is 13.9 Å². The van der Waals surface area contributed by atoms with Crippen LogP contribution in [-0.2, 0) is 11.2 Å². The summed E-state index contributed by atoms with van der Waals surface area (Å²) in [5.74, 6) is 0.160. The molecule has 0 spiro atoms. The number of amides is 1. The van der Waals surface area contributed by atoms with E-state index in [0.29, 0.717) is 23.0 Å². The molecule has 1 aliphatic rings. The van der Waals surface area contributed by atoms with E-state index < -0.39 is 0 Å². The summed E-state index contributed by atoms with van der Waals surface area (Å²) in [6.07, 6.45) is 2.91. The maximum absolute atomic E-state index is 13.5. The molecule has 1 atom stereocenters. The van der Waals surface area contributed by atoms with Crippen LogP contribution in [0, 0.1) is 0 Å². The lowest BCUT2D eigenvalue weighted by Gasteiger charge is -2.22. The Balaban J connectivity index is 1.56. The number of aromatic nitrogens is 1. The minimum absolute atomic E-state index is 0.0287. The van der Waals surface area contributed by atoms with Gasteiger partial charge in [0.2, 0.25) is 0 Å². The second-order valence-corrected chi connectivity index (χ2v) is 8.32. The Labute approximate surface area is 172 Å². The van der Waals surface area contributed by atoms with Crippen molar-refractivity contribution in [1.82, 2.24) is 4.98 Å². The van der Waals surface area contributed by atoms with Crippen LogP contribution >= 0.6 is 11.3 Å². The molecule has 0 radical (unpaired) electrons. The number of hydrogen-bond acceptors (Lipinski definition) is 5. The van der Waals surface area contributed by atoms with Gasteiger partial charge in [-0.3, -0.25) is 9.69 Å². The summed E-state index contributed by atoms with van der Waals surface area (Å²) in [5.41, 5.74) is 2.88. The minimum Gasteiger partial charge on any atom is -0.451 e. The number of nitrogens with zero attached hydrogens (tertiary/aromatic N) is 2. The Bertz CT molecular complexity index is 1140. The average Bonchev–Trinajstić information content (AvgIpc) is 3.49. The largest absolute Gasteiger partial charge is 0.451 e. The van der Waals surface area contributed by atoms with Gasteiger partial charge in [-0.05, 0) is 43.0 Å². The van der Waals surface area contributed by atoms with Crippen LogP contribution in [0.15, 0.2) is 52.9 Å². The number of rotatable bonds is 5. The van der Waals surface area contributed by atoms with Crippen molar-refractivity contribution in [2.75, 3.05) is 18.1 Å². The number of carbonyl (C=O) groups is 1. The fourth-order valence-electron chi connectivity index (χ4n) is 3.85. The molecular formula is C23H22N2O3S. The molecule has 5 rings (SSSR count). The van der Waals surface area contributed by atoms with E-state index in [1.807, 2.05) is 30.3 Å². The molecule has 2 aromatic carbocycles. The normalized spacial score (nSPS) is 16.7. The fraction of sp³-hybridized carbons (Fsp3) is 0.304. The third-order valence-corrected chi connectivity index (χ3v) is 6.44. The molecule has 0 N–H and O–H groups in total. The van der Waals surface area contributed by atoms with Crippen LogP contribution in [-0.4, -0.2) is 30.1 Å². The fourth-order valence-corrected chi connectivity index (χ4v) is 4.88. The summed E-state index contributed by atoms with van der Waals surface area (Å²) in [5, 5.41) is 1.62. The van der Waals surface area contributed by atoms with E-state index in [1.54, 1.807) is 16.2 Å². The van der Waals surface area contributed by atoms with Gasteiger partial charge in [0.05, 0.1) is 22.9 Å². The Morgan fingerprint density at radius 1 is 1.24 bits per heavy atom. The number of furan rings is 1. The SMILES string of the molecule is CCc1cccc2sc(N(CC3CCCO3)C(=O)c3cc4ccccc4o3)nc12. The molecule has 6 heteroatoms. The van der Waals surface area contributed by atoms with E-state index in [4.69, 9.17) is 14.1 Å². The van der Waals surface area contributed by atoms with Crippen LogP contribution in [0.2, 0.25) is 0 Å². The molecule has 5 nitrogen and oxygen atoms in total. The van der Waals surface area contributed by atoms with Gasteiger partial charge in [0.1, 0.15) is 5.58 Å². The Hall–Kier alpha value is -2.70. The summed E-state index contributed by atoms with van der Waals surface area (Å²) in [6, 6.07) is 15.7. The molecule has 1 fully saturated rings.